The van der Waals surface area contributed by atoms with Gasteiger partial charge < -0.3 is 9.47 Å². The molecule has 132 valence electrons. The first-order valence-corrected chi connectivity index (χ1v) is 8.48. The number of nitrogens with zero attached hydrogens (tertiary/aromatic N) is 2. The number of pyridine rings is 2. The molecular weight excluding hydrogens is 328 g/mol. The molecule has 0 aliphatic rings. The second-order valence-electron chi connectivity index (χ2n) is 5.82. The van der Waals surface area contributed by atoms with Crippen molar-refractivity contribution in [2.75, 3.05) is 6.61 Å². The minimum Gasteiger partial charge on any atom is -0.462 e. The molecule has 1 aromatic carbocycles. The van der Waals surface area contributed by atoms with Crippen LogP contribution in [0.1, 0.15) is 28.2 Å². The molecule has 0 aliphatic heterocycles. The zero-order valence-corrected chi connectivity index (χ0v) is 14.6. The summed E-state index contributed by atoms with van der Waals surface area (Å²) in [6, 6.07) is 16.4. The highest BCUT2D eigenvalue weighted by atomic mass is 16.5. The SMILES string of the molecule is Cc1cccc(CCCOC(=O)c2ccc(Oc3cccnc3)cc2)n1. The Bertz CT molecular complexity index is 849. The highest BCUT2D eigenvalue weighted by molar-refractivity contribution is 5.89. The number of carbonyl (C=O) groups is 1. The first-order valence-electron chi connectivity index (χ1n) is 8.48. The van der Waals surface area contributed by atoms with Gasteiger partial charge in [-0.3, -0.25) is 9.97 Å². The van der Waals surface area contributed by atoms with E-state index in [0.717, 1.165) is 24.2 Å². The van der Waals surface area contributed by atoms with Crippen LogP contribution in [0.25, 0.3) is 0 Å². The predicted octanol–water partition coefficient (Wildman–Crippen LogP) is 4.37. The molecule has 0 saturated heterocycles. The summed E-state index contributed by atoms with van der Waals surface area (Å²) in [4.78, 5) is 20.5. The second-order valence-corrected chi connectivity index (χ2v) is 5.82. The summed E-state index contributed by atoms with van der Waals surface area (Å²) in [5, 5.41) is 0. The number of esters is 1. The van der Waals surface area contributed by atoms with Crippen LogP contribution in [0.15, 0.2) is 67.0 Å². The van der Waals surface area contributed by atoms with E-state index in [1.807, 2.05) is 31.2 Å². The van der Waals surface area contributed by atoms with Crippen molar-refractivity contribution in [2.24, 2.45) is 0 Å². The van der Waals surface area contributed by atoms with Gasteiger partial charge in [-0.25, -0.2) is 4.79 Å². The molecule has 0 radical (unpaired) electrons. The summed E-state index contributed by atoms with van der Waals surface area (Å²) < 4.78 is 11.0. The van der Waals surface area contributed by atoms with Crippen molar-refractivity contribution >= 4 is 5.97 Å². The van der Waals surface area contributed by atoms with E-state index >= 15 is 0 Å². The van der Waals surface area contributed by atoms with Crippen LogP contribution in [0, 0.1) is 6.92 Å². The highest BCUT2D eigenvalue weighted by Gasteiger charge is 2.07. The number of rotatable bonds is 7. The Morgan fingerprint density at radius 2 is 1.85 bits per heavy atom. The third kappa shape index (κ3) is 5.14. The van der Waals surface area contributed by atoms with Gasteiger partial charge in [-0.15, -0.1) is 0 Å². The summed E-state index contributed by atoms with van der Waals surface area (Å²) in [5.41, 5.74) is 2.50. The maximum atomic E-state index is 12.1. The molecule has 26 heavy (non-hydrogen) atoms. The van der Waals surface area contributed by atoms with Gasteiger partial charge in [0, 0.05) is 17.6 Å². The van der Waals surface area contributed by atoms with Gasteiger partial charge in [0.25, 0.3) is 0 Å². The molecule has 0 aliphatic carbocycles. The van der Waals surface area contributed by atoms with E-state index in [1.54, 1.807) is 42.7 Å². The average molecular weight is 348 g/mol. The maximum absolute atomic E-state index is 12.1. The Labute approximate surface area is 152 Å². The Balaban J connectivity index is 1.46. The van der Waals surface area contributed by atoms with Crippen LogP contribution in [0.3, 0.4) is 0 Å². The van der Waals surface area contributed by atoms with Gasteiger partial charge >= 0.3 is 5.97 Å². The van der Waals surface area contributed by atoms with Gasteiger partial charge in [-0.2, -0.15) is 0 Å². The van der Waals surface area contributed by atoms with Crippen molar-refractivity contribution in [3.05, 3.63) is 83.9 Å². The molecule has 5 nitrogen and oxygen atoms in total. The van der Waals surface area contributed by atoms with Crippen LogP contribution < -0.4 is 4.74 Å². The lowest BCUT2D eigenvalue weighted by Gasteiger charge is -2.07. The molecule has 0 saturated carbocycles. The Morgan fingerprint density at radius 1 is 1.00 bits per heavy atom. The van der Waals surface area contributed by atoms with Crippen molar-refractivity contribution in [1.82, 2.24) is 9.97 Å². The fraction of sp³-hybridized carbons (Fsp3) is 0.190. The third-order valence-electron chi connectivity index (χ3n) is 3.72. The van der Waals surface area contributed by atoms with Crippen molar-refractivity contribution < 1.29 is 14.3 Å². The van der Waals surface area contributed by atoms with Gasteiger partial charge in [0.1, 0.15) is 11.5 Å². The zero-order valence-electron chi connectivity index (χ0n) is 14.6. The largest absolute Gasteiger partial charge is 0.462 e. The Hall–Kier alpha value is -3.21. The van der Waals surface area contributed by atoms with E-state index in [4.69, 9.17) is 9.47 Å². The zero-order chi connectivity index (χ0) is 18.2. The summed E-state index contributed by atoms with van der Waals surface area (Å²) in [6.45, 7) is 2.33. The van der Waals surface area contributed by atoms with Crippen LogP contribution >= 0.6 is 0 Å². The lowest BCUT2D eigenvalue weighted by Crippen LogP contribution is -2.07. The molecule has 2 heterocycles. The fourth-order valence-electron chi connectivity index (χ4n) is 2.44. The number of carbonyl (C=O) groups excluding carboxylic acids is 1. The molecule has 0 atom stereocenters. The van der Waals surface area contributed by atoms with Crippen molar-refractivity contribution in [3.8, 4) is 11.5 Å². The van der Waals surface area contributed by atoms with E-state index in [2.05, 4.69) is 9.97 Å². The summed E-state index contributed by atoms with van der Waals surface area (Å²) in [6.07, 6.45) is 4.84. The Morgan fingerprint density at radius 3 is 2.58 bits per heavy atom. The van der Waals surface area contributed by atoms with Crippen LogP contribution in [-0.2, 0) is 11.2 Å². The van der Waals surface area contributed by atoms with Gasteiger partial charge in [-0.1, -0.05) is 6.07 Å². The van der Waals surface area contributed by atoms with Gasteiger partial charge in [-0.05, 0) is 68.3 Å². The topological polar surface area (TPSA) is 61.3 Å². The van der Waals surface area contributed by atoms with Crippen molar-refractivity contribution in [3.63, 3.8) is 0 Å². The minimum absolute atomic E-state index is 0.338. The van der Waals surface area contributed by atoms with E-state index in [9.17, 15) is 4.79 Å². The molecule has 0 fully saturated rings. The number of ether oxygens (including phenoxy) is 2. The summed E-state index contributed by atoms with van der Waals surface area (Å²) in [5.74, 6) is 0.947. The first kappa shape index (κ1) is 17.6. The second kappa shape index (κ2) is 8.76. The molecule has 0 unspecified atom stereocenters. The quantitative estimate of drug-likeness (QED) is 0.469. The van der Waals surface area contributed by atoms with E-state index in [1.165, 1.54) is 0 Å². The monoisotopic (exact) mass is 348 g/mol. The van der Waals surface area contributed by atoms with E-state index in [-0.39, 0.29) is 5.97 Å². The molecule has 3 aromatic rings. The van der Waals surface area contributed by atoms with Gasteiger partial charge in [0.2, 0.25) is 0 Å². The average Bonchev–Trinajstić information content (AvgIpc) is 2.66. The molecule has 0 spiro atoms. The molecule has 0 N–H and O–H groups in total. The van der Waals surface area contributed by atoms with Crippen LogP contribution in [0.4, 0.5) is 0 Å². The number of aryl methyl sites for hydroxylation is 2. The first-order chi connectivity index (χ1) is 12.7. The molecule has 3 rings (SSSR count). The summed E-state index contributed by atoms with van der Waals surface area (Å²) >= 11 is 0. The highest BCUT2D eigenvalue weighted by Crippen LogP contribution is 2.20. The molecule has 0 bridgehead atoms. The van der Waals surface area contributed by atoms with Crippen molar-refractivity contribution in [1.29, 1.82) is 0 Å². The van der Waals surface area contributed by atoms with Crippen LogP contribution in [-0.4, -0.2) is 22.5 Å². The molecule has 2 aromatic heterocycles. The number of hydrogen-bond acceptors (Lipinski definition) is 5. The fourth-order valence-corrected chi connectivity index (χ4v) is 2.44. The Kier molecular flexibility index (Phi) is 5.93. The number of aromatic nitrogens is 2. The van der Waals surface area contributed by atoms with Crippen molar-refractivity contribution in [2.45, 2.75) is 19.8 Å². The lowest BCUT2D eigenvalue weighted by atomic mass is 10.2. The molecule has 0 amide bonds. The summed E-state index contributed by atoms with van der Waals surface area (Å²) in [7, 11) is 0. The molecule has 5 heteroatoms. The number of benzene rings is 1. The maximum Gasteiger partial charge on any atom is 0.338 e. The third-order valence-corrected chi connectivity index (χ3v) is 3.72. The van der Waals surface area contributed by atoms with Crippen LogP contribution in [0.5, 0.6) is 11.5 Å². The van der Waals surface area contributed by atoms with Gasteiger partial charge in [0.05, 0.1) is 18.4 Å². The smallest absolute Gasteiger partial charge is 0.338 e. The number of hydrogen-bond donors (Lipinski definition) is 0. The van der Waals surface area contributed by atoms with E-state index in [0.29, 0.717) is 23.7 Å². The minimum atomic E-state index is -0.338. The predicted molar refractivity (Wildman–Crippen MR) is 98.3 cm³/mol. The van der Waals surface area contributed by atoms with Gasteiger partial charge in [0.15, 0.2) is 0 Å². The van der Waals surface area contributed by atoms with E-state index < -0.39 is 0 Å². The van der Waals surface area contributed by atoms with Crippen LogP contribution in [0.2, 0.25) is 0 Å². The normalized spacial score (nSPS) is 10.3. The lowest BCUT2D eigenvalue weighted by molar-refractivity contribution is 0.0500. The standard InChI is InChI=1S/C21H20N2O3/c1-16-5-2-6-18(23-16)7-4-14-25-21(24)17-9-11-19(12-10-17)26-20-8-3-13-22-15-20/h2-3,5-6,8-13,15H,4,7,14H2,1H3. The molecular formula is C21H20N2O3.